The van der Waals surface area contributed by atoms with Crippen molar-refractivity contribution < 1.29 is 4.79 Å². The first-order valence-electron chi connectivity index (χ1n) is 8.15. The Balaban J connectivity index is 1.58. The van der Waals surface area contributed by atoms with Gasteiger partial charge in [0.25, 0.3) is 11.5 Å². The monoisotopic (exact) mass is 344 g/mol. The minimum Gasteiger partial charge on any atom is -0.326 e. The summed E-state index contributed by atoms with van der Waals surface area (Å²) in [5, 5.41) is 2.74. The molecule has 0 saturated heterocycles. The van der Waals surface area contributed by atoms with Crippen molar-refractivity contribution in [1.82, 2.24) is 14.5 Å². The average molecular weight is 344 g/mol. The number of nitrogens with zero attached hydrogens (tertiary/aromatic N) is 2. The highest BCUT2D eigenvalue weighted by Gasteiger charge is 2.11. The van der Waals surface area contributed by atoms with Crippen LogP contribution >= 0.6 is 0 Å². The van der Waals surface area contributed by atoms with Gasteiger partial charge in [-0.2, -0.15) is 0 Å². The van der Waals surface area contributed by atoms with Crippen molar-refractivity contribution in [1.29, 1.82) is 0 Å². The molecule has 0 aliphatic rings. The van der Waals surface area contributed by atoms with Crippen LogP contribution in [0.4, 0.5) is 5.69 Å². The predicted octanol–water partition coefficient (Wildman–Crippen LogP) is 3.27. The number of aromatic amines is 1. The SMILES string of the molecule is Cc1ccc(C(=O)Nc2ccc(-n3cnc4ccccc43)cc2)c(=O)[nH]1. The molecule has 0 aliphatic carbocycles. The Hall–Kier alpha value is -3.67. The van der Waals surface area contributed by atoms with Gasteiger partial charge in [-0.1, -0.05) is 12.1 Å². The number of pyridine rings is 1. The zero-order valence-corrected chi connectivity index (χ0v) is 14.1. The van der Waals surface area contributed by atoms with Gasteiger partial charge in [0.1, 0.15) is 11.9 Å². The molecule has 4 aromatic rings. The average Bonchev–Trinajstić information content (AvgIpc) is 3.06. The van der Waals surface area contributed by atoms with E-state index in [1.165, 1.54) is 6.07 Å². The van der Waals surface area contributed by atoms with Crippen LogP contribution in [0.1, 0.15) is 16.1 Å². The molecular formula is C20H16N4O2. The van der Waals surface area contributed by atoms with Gasteiger partial charge in [0.2, 0.25) is 0 Å². The van der Waals surface area contributed by atoms with E-state index in [1.807, 2.05) is 41.0 Å². The molecule has 6 heteroatoms. The molecule has 0 spiro atoms. The lowest BCUT2D eigenvalue weighted by Gasteiger charge is -2.08. The Morgan fingerprint density at radius 2 is 1.81 bits per heavy atom. The van der Waals surface area contributed by atoms with Gasteiger partial charge in [-0.15, -0.1) is 0 Å². The molecule has 2 heterocycles. The number of imidazole rings is 1. The Labute approximate surface area is 149 Å². The third kappa shape index (κ3) is 2.88. The van der Waals surface area contributed by atoms with Crippen LogP contribution < -0.4 is 10.9 Å². The van der Waals surface area contributed by atoms with Gasteiger partial charge in [0.15, 0.2) is 0 Å². The lowest BCUT2D eigenvalue weighted by Crippen LogP contribution is -2.23. The van der Waals surface area contributed by atoms with Crippen molar-refractivity contribution in [3.8, 4) is 5.69 Å². The predicted molar refractivity (Wildman–Crippen MR) is 101 cm³/mol. The second-order valence-corrected chi connectivity index (χ2v) is 5.99. The first kappa shape index (κ1) is 15.8. The van der Waals surface area contributed by atoms with Crippen molar-refractivity contribution in [3.63, 3.8) is 0 Å². The fourth-order valence-corrected chi connectivity index (χ4v) is 2.82. The lowest BCUT2D eigenvalue weighted by atomic mass is 10.2. The summed E-state index contributed by atoms with van der Waals surface area (Å²) in [4.78, 5) is 31.2. The number of carbonyl (C=O) groups excluding carboxylic acids is 1. The summed E-state index contributed by atoms with van der Waals surface area (Å²) < 4.78 is 1.98. The molecule has 1 amide bonds. The molecule has 2 N–H and O–H groups in total. The Morgan fingerprint density at radius 3 is 2.58 bits per heavy atom. The molecule has 2 aromatic carbocycles. The van der Waals surface area contributed by atoms with Gasteiger partial charge in [0, 0.05) is 17.1 Å². The summed E-state index contributed by atoms with van der Waals surface area (Å²) in [6.07, 6.45) is 1.77. The molecule has 26 heavy (non-hydrogen) atoms. The van der Waals surface area contributed by atoms with Crippen molar-refractivity contribution >= 4 is 22.6 Å². The third-order valence-electron chi connectivity index (χ3n) is 4.16. The van der Waals surface area contributed by atoms with E-state index in [9.17, 15) is 9.59 Å². The quantitative estimate of drug-likeness (QED) is 0.598. The molecule has 2 aromatic heterocycles. The Kier molecular flexibility index (Phi) is 3.85. The highest BCUT2D eigenvalue weighted by atomic mass is 16.2. The Morgan fingerprint density at radius 1 is 1.04 bits per heavy atom. The summed E-state index contributed by atoms with van der Waals surface area (Å²) in [5.41, 5.74) is 3.87. The van der Waals surface area contributed by atoms with Crippen LogP contribution in [0, 0.1) is 6.92 Å². The number of aromatic nitrogens is 3. The topological polar surface area (TPSA) is 79.8 Å². The lowest BCUT2D eigenvalue weighted by molar-refractivity contribution is 0.102. The van der Waals surface area contributed by atoms with Gasteiger partial charge >= 0.3 is 0 Å². The number of benzene rings is 2. The van der Waals surface area contributed by atoms with Crippen molar-refractivity contribution in [2.75, 3.05) is 5.32 Å². The van der Waals surface area contributed by atoms with Gasteiger partial charge in [0.05, 0.1) is 11.0 Å². The smallest absolute Gasteiger partial charge is 0.261 e. The normalized spacial score (nSPS) is 10.8. The van der Waals surface area contributed by atoms with E-state index >= 15 is 0 Å². The first-order valence-corrected chi connectivity index (χ1v) is 8.15. The molecule has 0 radical (unpaired) electrons. The van der Waals surface area contributed by atoms with E-state index < -0.39 is 11.5 Å². The first-order chi connectivity index (χ1) is 12.6. The maximum absolute atomic E-state index is 12.3. The fraction of sp³-hybridized carbons (Fsp3) is 0.0500. The molecule has 0 saturated carbocycles. The second-order valence-electron chi connectivity index (χ2n) is 5.99. The van der Waals surface area contributed by atoms with Gasteiger partial charge < -0.3 is 10.3 Å². The van der Waals surface area contributed by atoms with E-state index in [2.05, 4.69) is 15.3 Å². The largest absolute Gasteiger partial charge is 0.326 e. The molecule has 6 nitrogen and oxygen atoms in total. The van der Waals surface area contributed by atoms with Crippen molar-refractivity contribution in [2.45, 2.75) is 6.92 Å². The van der Waals surface area contributed by atoms with Crippen LogP contribution in [0.3, 0.4) is 0 Å². The van der Waals surface area contributed by atoms with E-state index in [4.69, 9.17) is 0 Å². The molecule has 128 valence electrons. The van der Waals surface area contributed by atoms with Crippen LogP contribution in [0.15, 0.2) is 71.8 Å². The number of anilines is 1. The molecule has 0 bridgehead atoms. The summed E-state index contributed by atoms with van der Waals surface area (Å²) in [6, 6.07) is 18.5. The standard InChI is InChI=1S/C20H16N4O2/c1-13-6-11-16(19(25)22-13)20(26)23-14-7-9-15(10-8-14)24-12-21-17-4-2-3-5-18(17)24/h2-12H,1H3,(H,22,25)(H,23,26). The van der Waals surface area contributed by atoms with Crippen molar-refractivity contribution in [3.05, 3.63) is 88.6 Å². The van der Waals surface area contributed by atoms with Gasteiger partial charge in [-0.25, -0.2) is 4.98 Å². The number of fused-ring (bicyclic) bond motifs is 1. The number of para-hydroxylation sites is 2. The van der Waals surface area contributed by atoms with E-state index in [0.29, 0.717) is 11.4 Å². The third-order valence-corrected chi connectivity index (χ3v) is 4.16. The fourth-order valence-electron chi connectivity index (χ4n) is 2.82. The van der Waals surface area contributed by atoms with Crippen molar-refractivity contribution in [2.24, 2.45) is 0 Å². The van der Waals surface area contributed by atoms with Crippen LogP contribution in [0.5, 0.6) is 0 Å². The minimum atomic E-state index is -0.438. The highest BCUT2D eigenvalue weighted by molar-refractivity contribution is 6.04. The molecule has 4 rings (SSSR count). The summed E-state index contributed by atoms with van der Waals surface area (Å²) in [7, 11) is 0. The minimum absolute atomic E-state index is 0.0836. The number of carbonyl (C=O) groups is 1. The molecule has 0 atom stereocenters. The van der Waals surface area contributed by atoms with Crippen LogP contribution in [0.25, 0.3) is 16.7 Å². The molecule has 0 fully saturated rings. The van der Waals surface area contributed by atoms with E-state index in [-0.39, 0.29) is 5.56 Å². The number of H-pyrrole nitrogens is 1. The Bertz CT molecular complexity index is 1160. The number of aryl methyl sites for hydroxylation is 1. The van der Waals surface area contributed by atoms with Crippen LogP contribution in [0.2, 0.25) is 0 Å². The number of nitrogens with one attached hydrogen (secondary N) is 2. The van der Waals surface area contributed by atoms with Crippen LogP contribution in [-0.4, -0.2) is 20.4 Å². The zero-order valence-electron chi connectivity index (χ0n) is 14.1. The molecule has 0 aliphatic heterocycles. The van der Waals surface area contributed by atoms with E-state index in [1.54, 1.807) is 31.5 Å². The summed E-state index contributed by atoms with van der Waals surface area (Å²) in [6.45, 7) is 1.77. The maximum atomic E-state index is 12.3. The summed E-state index contributed by atoms with van der Waals surface area (Å²) in [5.74, 6) is -0.438. The molecule has 0 unspecified atom stereocenters. The summed E-state index contributed by atoms with van der Waals surface area (Å²) >= 11 is 0. The zero-order chi connectivity index (χ0) is 18.1. The number of amides is 1. The van der Waals surface area contributed by atoms with Gasteiger partial charge in [-0.05, 0) is 55.5 Å². The second kappa shape index (κ2) is 6.33. The van der Waals surface area contributed by atoms with Gasteiger partial charge in [-0.3, -0.25) is 14.2 Å². The number of rotatable bonds is 3. The van der Waals surface area contributed by atoms with E-state index in [0.717, 1.165) is 16.7 Å². The number of hydrogen-bond acceptors (Lipinski definition) is 3. The maximum Gasteiger partial charge on any atom is 0.261 e. The number of hydrogen-bond donors (Lipinski definition) is 2. The molecular weight excluding hydrogens is 328 g/mol. The highest BCUT2D eigenvalue weighted by Crippen LogP contribution is 2.19. The van der Waals surface area contributed by atoms with Crippen LogP contribution in [-0.2, 0) is 0 Å².